The average Bonchev–Trinajstić information content (AvgIpc) is 2.02. The van der Waals surface area contributed by atoms with Gasteiger partial charge in [-0.25, -0.2) is 8.42 Å². The highest BCUT2D eigenvalue weighted by Crippen LogP contribution is 2.13. The molecule has 86 valence electrons. The Labute approximate surface area is 86.4 Å². The van der Waals surface area contributed by atoms with Gasteiger partial charge >= 0.3 is 0 Å². The van der Waals surface area contributed by atoms with Crippen LogP contribution < -0.4 is 5.73 Å². The zero-order valence-electron chi connectivity index (χ0n) is 9.10. The SMILES string of the molecule is CC(C)C(C)S(=O)(=O)CC(N)CCO. The van der Waals surface area contributed by atoms with E-state index in [0.29, 0.717) is 6.42 Å². The van der Waals surface area contributed by atoms with Gasteiger partial charge < -0.3 is 10.8 Å². The minimum absolute atomic E-state index is 0.0348. The lowest BCUT2D eigenvalue weighted by Gasteiger charge is -2.18. The molecule has 0 aromatic heterocycles. The lowest BCUT2D eigenvalue weighted by molar-refractivity contribution is 0.279. The van der Waals surface area contributed by atoms with E-state index in [0.717, 1.165) is 0 Å². The van der Waals surface area contributed by atoms with Crippen LogP contribution in [0.15, 0.2) is 0 Å². The Morgan fingerprint density at radius 2 is 1.79 bits per heavy atom. The summed E-state index contributed by atoms with van der Waals surface area (Å²) in [4.78, 5) is 0. The number of nitrogens with two attached hydrogens (primary N) is 1. The van der Waals surface area contributed by atoms with E-state index in [1.165, 1.54) is 0 Å². The molecule has 0 aromatic carbocycles. The number of aliphatic hydroxyl groups excluding tert-OH is 1. The molecule has 0 saturated carbocycles. The predicted molar refractivity (Wildman–Crippen MR) is 57.8 cm³/mol. The van der Waals surface area contributed by atoms with E-state index in [1.807, 2.05) is 13.8 Å². The summed E-state index contributed by atoms with van der Waals surface area (Å²) < 4.78 is 23.4. The summed E-state index contributed by atoms with van der Waals surface area (Å²) in [5, 5.41) is 8.24. The van der Waals surface area contributed by atoms with Gasteiger partial charge in [0.2, 0.25) is 0 Å². The molecule has 0 radical (unpaired) electrons. The van der Waals surface area contributed by atoms with Crippen molar-refractivity contribution in [1.29, 1.82) is 0 Å². The molecule has 2 unspecified atom stereocenters. The normalized spacial score (nSPS) is 17.0. The summed E-state index contributed by atoms with van der Waals surface area (Å²) in [7, 11) is -3.12. The van der Waals surface area contributed by atoms with Crippen LogP contribution in [-0.2, 0) is 9.84 Å². The van der Waals surface area contributed by atoms with Crippen molar-refractivity contribution in [3.63, 3.8) is 0 Å². The summed E-state index contributed by atoms with van der Waals surface area (Å²) in [6.07, 6.45) is 0.337. The van der Waals surface area contributed by atoms with Crippen LogP contribution in [0, 0.1) is 5.92 Å². The van der Waals surface area contributed by atoms with Gasteiger partial charge in [0.05, 0.1) is 11.0 Å². The third-order valence-electron chi connectivity index (χ3n) is 2.45. The van der Waals surface area contributed by atoms with E-state index in [4.69, 9.17) is 10.8 Å². The molecule has 0 aliphatic carbocycles. The molecular formula is C9H21NO3S. The fourth-order valence-electron chi connectivity index (χ4n) is 1.11. The Bertz CT molecular complexity index is 249. The second-order valence-corrected chi connectivity index (χ2v) is 6.45. The molecule has 0 amide bonds. The molecule has 0 fully saturated rings. The zero-order valence-corrected chi connectivity index (χ0v) is 9.92. The number of sulfone groups is 1. The number of aliphatic hydroxyl groups is 1. The highest BCUT2D eigenvalue weighted by Gasteiger charge is 2.25. The molecular weight excluding hydrogens is 202 g/mol. The van der Waals surface area contributed by atoms with Gasteiger partial charge in [-0.15, -0.1) is 0 Å². The summed E-state index contributed by atoms with van der Waals surface area (Å²) in [5.41, 5.74) is 5.57. The van der Waals surface area contributed by atoms with Gasteiger partial charge in [0.25, 0.3) is 0 Å². The molecule has 0 aromatic rings. The summed E-state index contributed by atoms with van der Waals surface area (Å²) in [5.74, 6) is 0.0636. The van der Waals surface area contributed by atoms with Crippen LogP contribution in [0.3, 0.4) is 0 Å². The van der Waals surface area contributed by atoms with Gasteiger partial charge in [-0.1, -0.05) is 13.8 Å². The Morgan fingerprint density at radius 1 is 1.29 bits per heavy atom. The molecule has 14 heavy (non-hydrogen) atoms. The van der Waals surface area contributed by atoms with Crippen molar-refractivity contribution in [2.45, 2.75) is 38.5 Å². The molecule has 0 rings (SSSR count). The lowest BCUT2D eigenvalue weighted by atomic mass is 10.2. The smallest absolute Gasteiger partial charge is 0.154 e. The molecule has 0 heterocycles. The van der Waals surface area contributed by atoms with Crippen LogP contribution in [0.25, 0.3) is 0 Å². The van der Waals surface area contributed by atoms with Crippen molar-refractivity contribution in [3.05, 3.63) is 0 Å². The quantitative estimate of drug-likeness (QED) is 0.672. The third kappa shape index (κ3) is 4.39. The monoisotopic (exact) mass is 223 g/mol. The van der Waals surface area contributed by atoms with Gasteiger partial charge in [0, 0.05) is 12.6 Å². The predicted octanol–water partition coefficient (Wildman–Crippen LogP) is 0.155. The van der Waals surface area contributed by atoms with Crippen LogP contribution in [0.4, 0.5) is 0 Å². The summed E-state index contributed by atoms with van der Waals surface area (Å²) in [6.45, 7) is 5.39. The molecule has 0 spiro atoms. The highest BCUT2D eigenvalue weighted by atomic mass is 32.2. The van der Waals surface area contributed by atoms with E-state index in [-0.39, 0.29) is 23.5 Å². The molecule has 0 saturated heterocycles. The molecule has 0 bridgehead atoms. The van der Waals surface area contributed by atoms with E-state index >= 15 is 0 Å². The third-order valence-corrected chi connectivity index (χ3v) is 5.02. The van der Waals surface area contributed by atoms with Gasteiger partial charge in [0.1, 0.15) is 0 Å². The first-order valence-electron chi connectivity index (χ1n) is 4.89. The maximum atomic E-state index is 11.7. The highest BCUT2D eigenvalue weighted by molar-refractivity contribution is 7.92. The van der Waals surface area contributed by atoms with Crippen molar-refractivity contribution >= 4 is 9.84 Å². The van der Waals surface area contributed by atoms with Gasteiger partial charge in [0.15, 0.2) is 9.84 Å². The second kappa shape index (κ2) is 5.68. The fourth-order valence-corrected chi connectivity index (χ4v) is 3.01. The van der Waals surface area contributed by atoms with Crippen molar-refractivity contribution in [2.24, 2.45) is 11.7 Å². The van der Waals surface area contributed by atoms with Crippen LogP contribution in [0.2, 0.25) is 0 Å². The molecule has 0 aliphatic rings. The summed E-state index contributed by atoms with van der Waals surface area (Å²) in [6, 6.07) is -0.453. The maximum Gasteiger partial charge on any atom is 0.154 e. The van der Waals surface area contributed by atoms with E-state index in [1.54, 1.807) is 6.92 Å². The van der Waals surface area contributed by atoms with Crippen molar-refractivity contribution in [3.8, 4) is 0 Å². The molecule has 0 aliphatic heterocycles. The minimum Gasteiger partial charge on any atom is -0.396 e. The first-order valence-corrected chi connectivity index (χ1v) is 6.60. The van der Waals surface area contributed by atoms with E-state index < -0.39 is 15.9 Å². The Morgan fingerprint density at radius 3 is 2.14 bits per heavy atom. The molecule has 5 heteroatoms. The van der Waals surface area contributed by atoms with Crippen LogP contribution in [0.5, 0.6) is 0 Å². The Hall–Kier alpha value is -0.130. The molecule has 2 atom stereocenters. The van der Waals surface area contributed by atoms with E-state index in [9.17, 15) is 8.42 Å². The maximum absolute atomic E-state index is 11.7. The van der Waals surface area contributed by atoms with Crippen LogP contribution in [0.1, 0.15) is 27.2 Å². The Kier molecular flexibility index (Phi) is 5.63. The van der Waals surface area contributed by atoms with Crippen LogP contribution in [-0.4, -0.2) is 37.2 Å². The molecule has 3 N–H and O–H groups in total. The van der Waals surface area contributed by atoms with E-state index in [2.05, 4.69) is 0 Å². The standard InChI is InChI=1S/C9H21NO3S/c1-7(2)8(3)14(12,13)6-9(10)4-5-11/h7-9,11H,4-6,10H2,1-3H3. The first-order chi connectivity index (χ1) is 6.31. The topological polar surface area (TPSA) is 80.4 Å². The first kappa shape index (κ1) is 13.9. The zero-order chi connectivity index (χ0) is 11.4. The largest absolute Gasteiger partial charge is 0.396 e. The average molecular weight is 223 g/mol. The number of hydrogen-bond acceptors (Lipinski definition) is 4. The second-order valence-electron chi connectivity index (χ2n) is 4.05. The fraction of sp³-hybridized carbons (Fsp3) is 1.00. The number of rotatable bonds is 6. The van der Waals surface area contributed by atoms with Crippen molar-refractivity contribution in [1.82, 2.24) is 0 Å². The summed E-state index contributed by atoms with van der Waals surface area (Å²) >= 11 is 0. The minimum atomic E-state index is -3.12. The lowest BCUT2D eigenvalue weighted by Crippen LogP contribution is -2.36. The van der Waals surface area contributed by atoms with Crippen molar-refractivity contribution < 1.29 is 13.5 Å². The van der Waals surface area contributed by atoms with Gasteiger partial charge in [-0.2, -0.15) is 0 Å². The van der Waals surface area contributed by atoms with Crippen LogP contribution >= 0.6 is 0 Å². The number of hydrogen-bond donors (Lipinski definition) is 2. The molecule has 4 nitrogen and oxygen atoms in total. The Balaban J connectivity index is 4.34. The van der Waals surface area contributed by atoms with Crippen molar-refractivity contribution in [2.75, 3.05) is 12.4 Å². The van der Waals surface area contributed by atoms with Gasteiger partial charge in [-0.3, -0.25) is 0 Å². The van der Waals surface area contributed by atoms with Gasteiger partial charge in [-0.05, 0) is 19.3 Å².